The molecule has 1 unspecified atom stereocenters. The van der Waals surface area contributed by atoms with Crippen molar-refractivity contribution in [3.8, 4) is 11.3 Å². The molecule has 3 aliphatic rings. The SMILES string of the molecule is C=C1Nc2nc3ccc(N4CCN(CC5CCN(c6cc(F)cc(F)c6)C5)CC4=C)cc3n2C[C@H](C)CCCCc2c(cnn2C)-c2cc1cc(C)n2. The molecule has 2 aromatic carbocycles. The Morgan fingerprint density at radius 1 is 0.906 bits per heavy atom. The summed E-state index contributed by atoms with van der Waals surface area (Å²) in [7, 11) is 2.02. The molecule has 0 amide bonds. The van der Waals surface area contributed by atoms with E-state index in [0.717, 1.165) is 141 Å². The molecular formula is C42H49F2N9. The smallest absolute Gasteiger partial charge is 0.208 e. The molecule has 2 saturated heterocycles. The topological polar surface area (TPSA) is 70.3 Å². The third-order valence-electron chi connectivity index (χ3n) is 11.2. The number of halogens is 2. The van der Waals surface area contributed by atoms with E-state index in [1.807, 2.05) is 24.9 Å². The molecule has 53 heavy (non-hydrogen) atoms. The summed E-state index contributed by atoms with van der Waals surface area (Å²) in [5.41, 5.74) is 10.7. The number of pyridine rings is 1. The maximum Gasteiger partial charge on any atom is 0.208 e. The average Bonchev–Trinajstić information content (AvgIpc) is 3.83. The number of aryl methyl sites for hydroxylation is 2. The normalized spacial score (nSPS) is 20.2. The minimum Gasteiger partial charge on any atom is -0.371 e. The molecule has 0 saturated carbocycles. The number of anilines is 3. The van der Waals surface area contributed by atoms with Gasteiger partial charge in [-0.25, -0.2) is 13.8 Å². The van der Waals surface area contributed by atoms with E-state index in [-0.39, 0.29) is 0 Å². The zero-order valence-corrected chi connectivity index (χ0v) is 31.1. The molecule has 3 aromatic heterocycles. The Labute approximate surface area is 310 Å². The van der Waals surface area contributed by atoms with Crippen molar-refractivity contribution < 1.29 is 8.78 Å². The van der Waals surface area contributed by atoms with Gasteiger partial charge in [0.15, 0.2) is 0 Å². The fraction of sp³-hybridized carbons (Fsp3) is 0.405. The van der Waals surface area contributed by atoms with E-state index >= 15 is 0 Å². The van der Waals surface area contributed by atoms with E-state index in [4.69, 9.17) is 9.97 Å². The third-order valence-corrected chi connectivity index (χ3v) is 11.2. The lowest BCUT2D eigenvalue weighted by molar-refractivity contribution is 0.243. The minimum absolute atomic E-state index is 0.433. The van der Waals surface area contributed by atoms with Gasteiger partial charge in [-0.2, -0.15) is 5.10 Å². The monoisotopic (exact) mass is 717 g/mol. The molecule has 6 heterocycles. The Hall–Kier alpha value is -5.03. The van der Waals surface area contributed by atoms with Crippen molar-refractivity contribution >= 4 is 34.1 Å². The molecule has 2 fully saturated rings. The second-order valence-corrected chi connectivity index (χ2v) is 15.4. The highest BCUT2D eigenvalue weighted by atomic mass is 19.1. The van der Waals surface area contributed by atoms with Gasteiger partial charge in [0.2, 0.25) is 5.95 Å². The number of benzene rings is 2. The van der Waals surface area contributed by atoms with Crippen LogP contribution in [0.1, 0.15) is 49.6 Å². The zero-order chi connectivity index (χ0) is 36.8. The summed E-state index contributed by atoms with van der Waals surface area (Å²) in [6.07, 6.45) is 7.21. The van der Waals surface area contributed by atoms with Crippen LogP contribution in [0.3, 0.4) is 0 Å². The lowest BCUT2D eigenvalue weighted by atomic mass is 10.0. The van der Waals surface area contributed by atoms with Crippen molar-refractivity contribution in [2.45, 2.75) is 52.5 Å². The molecule has 0 aliphatic carbocycles. The molecular weight excluding hydrogens is 669 g/mol. The summed E-state index contributed by atoms with van der Waals surface area (Å²) in [5, 5.41) is 8.19. The van der Waals surface area contributed by atoms with Crippen LogP contribution in [-0.2, 0) is 20.0 Å². The van der Waals surface area contributed by atoms with E-state index < -0.39 is 11.6 Å². The van der Waals surface area contributed by atoms with Crippen molar-refractivity contribution in [3.63, 3.8) is 0 Å². The molecule has 9 nitrogen and oxygen atoms in total. The first-order valence-corrected chi connectivity index (χ1v) is 18.9. The third kappa shape index (κ3) is 7.31. The van der Waals surface area contributed by atoms with Crippen molar-refractivity contribution in [3.05, 3.63) is 102 Å². The van der Waals surface area contributed by atoms with Crippen LogP contribution in [0.5, 0.6) is 0 Å². The van der Waals surface area contributed by atoms with Crippen molar-refractivity contribution in [2.75, 3.05) is 54.4 Å². The fourth-order valence-electron chi connectivity index (χ4n) is 8.50. The van der Waals surface area contributed by atoms with Crippen molar-refractivity contribution in [1.82, 2.24) is 29.2 Å². The maximum absolute atomic E-state index is 13.9. The lowest BCUT2D eigenvalue weighted by Crippen LogP contribution is -2.46. The number of piperazine rings is 1. The van der Waals surface area contributed by atoms with Crippen LogP contribution in [0, 0.1) is 30.4 Å². The summed E-state index contributed by atoms with van der Waals surface area (Å²) in [6, 6.07) is 14.5. The van der Waals surface area contributed by atoms with E-state index in [1.165, 1.54) is 17.8 Å². The molecule has 8 rings (SSSR count). The van der Waals surface area contributed by atoms with Gasteiger partial charge in [0.1, 0.15) is 11.6 Å². The van der Waals surface area contributed by atoms with Crippen LogP contribution < -0.4 is 15.1 Å². The molecule has 3 aliphatic heterocycles. The molecule has 0 spiro atoms. The van der Waals surface area contributed by atoms with Gasteiger partial charge in [0, 0.05) is 104 Å². The summed E-state index contributed by atoms with van der Waals surface area (Å²) in [6.45, 7) is 19.2. The van der Waals surface area contributed by atoms with Gasteiger partial charge in [0.05, 0.1) is 22.9 Å². The van der Waals surface area contributed by atoms with Crippen molar-refractivity contribution in [2.24, 2.45) is 18.9 Å². The van der Waals surface area contributed by atoms with Crippen LogP contribution in [0.2, 0.25) is 0 Å². The Morgan fingerprint density at radius 2 is 1.74 bits per heavy atom. The van der Waals surface area contributed by atoms with Gasteiger partial charge in [-0.3, -0.25) is 14.6 Å². The first kappa shape index (κ1) is 35.0. The number of imidazole rings is 1. The number of fused-ring (bicyclic) bond motifs is 7. The largest absolute Gasteiger partial charge is 0.371 e. The van der Waals surface area contributed by atoms with Crippen LogP contribution in [0.25, 0.3) is 28.0 Å². The van der Waals surface area contributed by atoms with Crippen molar-refractivity contribution in [1.29, 1.82) is 0 Å². The molecule has 2 bridgehead atoms. The highest BCUT2D eigenvalue weighted by Crippen LogP contribution is 2.33. The van der Waals surface area contributed by atoms with E-state index in [2.05, 4.69) is 80.1 Å². The maximum atomic E-state index is 13.9. The van der Waals surface area contributed by atoms with Gasteiger partial charge in [0.25, 0.3) is 0 Å². The minimum atomic E-state index is -0.529. The van der Waals surface area contributed by atoms with Crippen LogP contribution in [0.15, 0.2) is 73.6 Å². The predicted octanol–water partition coefficient (Wildman–Crippen LogP) is 8.03. The number of aromatic nitrogens is 5. The highest BCUT2D eigenvalue weighted by molar-refractivity contribution is 5.86. The Balaban J connectivity index is 1.01. The van der Waals surface area contributed by atoms with Gasteiger partial charge in [-0.05, 0) is 86.9 Å². The summed E-state index contributed by atoms with van der Waals surface area (Å²) >= 11 is 0. The number of hydrogen-bond acceptors (Lipinski definition) is 7. The summed E-state index contributed by atoms with van der Waals surface area (Å²) < 4.78 is 32.1. The highest BCUT2D eigenvalue weighted by Gasteiger charge is 2.29. The molecule has 0 radical (unpaired) electrons. The number of nitrogens with one attached hydrogen (secondary N) is 1. The first-order valence-electron chi connectivity index (χ1n) is 18.9. The predicted molar refractivity (Wildman–Crippen MR) is 210 cm³/mol. The van der Waals surface area contributed by atoms with E-state index in [1.54, 1.807) is 0 Å². The molecule has 2 atom stereocenters. The quantitative estimate of drug-likeness (QED) is 0.202. The zero-order valence-electron chi connectivity index (χ0n) is 31.1. The molecule has 11 heteroatoms. The number of rotatable bonds is 4. The van der Waals surface area contributed by atoms with Gasteiger partial charge < -0.3 is 19.7 Å². The summed E-state index contributed by atoms with van der Waals surface area (Å²) in [5.74, 6) is 0.604. The van der Waals surface area contributed by atoms with Gasteiger partial charge in [-0.1, -0.05) is 26.5 Å². The Morgan fingerprint density at radius 3 is 2.55 bits per heavy atom. The summed E-state index contributed by atoms with van der Waals surface area (Å²) in [4.78, 5) is 16.9. The Bertz CT molecular complexity index is 2160. The standard InChI is InChI=1S/C42H49F2N9/c1-27-8-6-7-9-40-37(22-45-49(40)5)39-17-32(16-28(2)46-39)30(4)47-42-48-38-11-10-35(21-41(38)53(42)23-27)52-15-14-50(24-29(52)3)25-31-12-13-51(26-31)36-19-33(43)18-34(44)20-36/h10-11,16-22,27,31H,3-4,6-9,12-15,23-26H2,1-2,5H3,(H,47,48)/t27-,31?/m1/s1. The van der Waals surface area contributed by atoms with E-state index in [0.29, 0.717) is 17.5 Å². The number of nitrogens with zero attached hydrogens (tertiary/aromatic N) is 8. The second-order valence-electron chi connectivity index (χ2n) is 15.4. The number of hydrogen-bond donors (Lipinski definition) is 1. The van der Waals surface area contributed by atoms with Crippen LogP contribution in [0.4, 0.5) is 26.1 Å². The van der Waals surface area contributed by atoms with E-state index in [9.17, 15) is 8.78 Å². The fourth-order valence-corrected chi connectivity index (χ4v) is 8.50. The average molecular weight is 718 g/mol. The Kier molecular flexibility index (Phi) is 9.53. The van der Waals surface area contributed by atoms with Crippen LogP contribution >= 0.6 is 0 Å². The van der Waals surface area contributed by atoms with Gasteiger partial charge in [-0.15, -0.1) is 0 Å². The molecule has 1 N–H and O–H groups in total. The lowest BCUT2D eigenvalue weighted by Gasteiger charge is -2.38. The second kappa shape index (κ2) is 14.4. The molecule has 5 aromatic rings. The van der Waals surface area contributed by atoms with Crippen LogP contribution in [-0.4, -0.2) is 68.5 Å². The van der Waals surface area contributed by atoms with Gasteiger partial charge >= 0.3 is 0 Å². The first-order chi connectivity index (χ1) is 25.6. The molecule has 276 valence electrons.